The van der Waals surface area contributed by atoms with Crippen molar-refractivity contribution in [3.63, 3.8) is 0 Å². The number of methoxy groups -OCH3 is 1. The van der Waals surface area contributed by atoms with Crippen LogP contribution in [-0.2, 0) is 4.79 Å². The van der Waals surface area contributed by atoms with Crippen molar-refractivity contribution in [2.45, 2.75) is 32.0 Å². The second-order valence-electron chi connectivity index (χ2n) is 6.41. The number of carbonyl (C=O) groups is 1. The van der Waals surface area contributed by atoms with E-state index in [0.717, 1.165) is 0 Å². The molecule has 1 aliphatic heterocycles. The normalized spacial score (nSPS) is 17.5. The standard InChI is InChI=1S/C18H25F3N2O3/c1-14(12-18(19,20)21)22-7-4-8-23(10-9-22)17(24)13-26-16-6-3-5-15(11-16)25-2/h3,5-6,11,14H,4,7-10,12-13H2,1-2H3. The van der Waals surface area contributed by atoms with Crippen LogP contribution in [0, 0.1) is 0 Å². The van der Waals surface area contributed by atoms with Crippen molar-refractivity contribution in [2.24, 2.45) is 0 Å². The fourth-order valence-corrected chi connectivity index (χ4v) is 3.02. The van der Waals surface area contributed by atoms with Crippen molar-refractivity contribution in [3.05, 3.63) is 24.3 Å². The number of hydrogen-bond donors (Lipinski definition) is 0. The highest BCUT2D eigenvalue weighted by Crippen LogP contribution is 2.24. The van der Waals surface area contributed by atoms with E-state index in [9.17, 15) is 18.0 Å². The molecule has 1 aromatic carbocycles. The van der Waals surface area contributed by atoms with Crippen molar-refractivity contribution < 1.29 is 27.4 Å². The van der Waals surface area contributed by atoms with Crippen molar-refractivity contribution in [3.8, 4) is 11.5 Å². The van der Waals surface area contributed by atoms with E-state index in [-0.39, 0.29) is 12.5 Å². The smallest absolute Gasteiger partial charge is 0.390 e. The number of benzene rings is 1. The van der Waals surface area contributed by atoms with Gasteiger partial charge in [0, 0.05) is 38.3 Å². The molecule has 1 atom stereocenters. The van der Waals surface area contributed by atoms with E-state index < -0.39 is 18.6 Å². The van der Waals surface area contributed by atoms with Crippen LogP contribution in [0.2, 0.25) is 0 Å². The number of rotatable bonds is 6. The Bertz CT molecular complexity index is 595. The van der Waals surface area contributed by atoms with Crippen LogP contribution in [0.1, 0.15) is 19.8 Å². The largest absolute Gasteiger partial charge is 0.497 e. The Balaban J connectivity index is 1.83. The molecule has 1 aliphatic rings. The topological polar surface area (TPSA) is 42.0 Å². The van der Waals surface area contributed by atoms with Gasteiger partial charge in [0.25, 0.3) is 5.91 Å². The number of alkyl halides is 3. The molecule has 0 N–H and O–H groups in total. The predicted molar refractivity (Wildman–Crippen MR) is 91.4 cm³/mol. The maximum Gasteiger partial charge on any atom is 0.390 e. The quantitative estimate of drug-likeness (QED) is 0.768. The minimum atomic E-state index is -4.17. The maximum absolute atomic E-state index is 12.6. The molecular weight excluding hydrogens is 349 g/mol. The molecule has 1 fully saturated rings. The molecule has 1 heterocycles. The van der Waals surface area contributed by atoms with E-state index in [4.69, 9.17) is 9.47 Å². The zero-order valence-corrected chi connectivity index (χ0v) is 15.1. The number of hydrogen-bond acceptors (Lipinski definition) is 4. The van der Waals surface area contributed by atoms with Gasteiger partial charge in [-0.3, -0.25) is 9.69 Å². The van der Waals surface area contributed by atoms with Gasteiger partial charge in [0.05, 0.1) is 13.5 Å². The van der Waals surface area contributed by atoms with Crippen molar-refractivity contribution in [2.75, 3.05) is 39.9 Å². The molecule has 1 amide bonds. The summed E-state index contributed by atoms with van der Waals surface area (Å²) >= 11 is 0. The van der Waals surface area contributed by atoms with Crippen molar-refractivity contribution in [1.29, 1.82) is 0 Å². The average Bonchev–Trinajstić information content (AvgIpc) is 2.84. The fourth-order valence-electron chi connectivity index (χ4n) is 3.02. The van der Waals surface area contributed by atoms with Gasteiger partial charge in [0.1, 0.15) is 11.5 Å². The molecule has 1 saturated heterocycles. The monoisotopic (exact) mass is 374 g/mol. The van der Waals surface area contributed by atoms with E-state index >= 15 is 0 Å². The fraction of sp³-hybridized carbons (Fsp3) is 0.611. The Morgan fingerprint density at radius 3 is 2.62 bits per heavy atom. The Morgan fingerprint density at radius 1 is 1.19 bits per heavy atom. The Labute approximate surface area is 151 Å². The summed E-state index contributed by atoms with van der Waals surface area (Å²) in [5.41, 5.74) is 0. The molecule has 26 heavy (non-hydrogen) atoms. The summed E-state index contributed by atoms with van der Waals surface area (Å²) in [6.45, 7) is 3.39. The van der Waals surface area contributed by atoms with Crippen LogP contribution < -0.4 is 9.47 Å². The first-order valence-electron chi connectivity index (χ1n) is 8.64. The van der Waals surface area contributed by atoms with E-state index in [1.165, 1.54) is 0 Å². The Kier molecular flexibility index (Phi) is 7.14. The SMILES string of the molecule is COc1cccc(OCC(=O)N2CCCN(C(C)CC(F)(F)F)CC2)c1. The van der Waals surface area contributed by atoms with E-state index in [0.29, 0.717) is 44.1 Å². The molecule has 2 rings (SSSR count). The summed E-state index contributed by atoms with van der Waals surface area (Å²) in [7, 11) is 1.55. The van der Waals surface area contributed by atoms with E-state index in [1.807, 2.05) is 0 Å². The molecule has 0 bridgehead atoms. The highest BCUT2D eigenvalue weighted by molar-refractivity contribution is 5.77. The van der Waals surface area contributed by atoms with Gasteiger partial charge in [-0.1, -0.05) is 6.07 Å². The van der Waals surface area contributed by atoms with E-state index in [1.54, 1.807) is 48.1 Å². The zero-order chi connectivity index (χ0) is 19.2. The van der Waals surface area contributed by atoms with Gasteiger partial charge in [-0.25, -0.2) is 0 Å². The van der Waals surface area contributed by atoms with Crippen molar-refractivity contribution >= 4 is 5.91 Å². The molecule has 1 unspecified atom stereocenters. The van der Waals surface area contributed by atoms with Gasteiger partial charge in [0.2, 0.25) is 0 Å². The number of amides is 1. The molecule has 0 saturated carbocycles. The van der Waals surface area contributed by atoms with Crippen LogP contribution in [0.5, 0.6) is 11.5 Å². The lowest BCUT2D eigenvalue weighted by atomic mass is 10.2. The summed E-state index contributed by atoms with van der Waals surface area (Å²) in [5, 5.41) is 0. The van der Waals surface area contributed by atoms with Crippen molar-refractivity contribution in [1.82, 2.24) is 9.80 Å². The first-order valence-corrected chi connectivity index (χ1v) is 8.64. The predicted octanol–water partition coefficient (Wildman–Crippen LogP) is 2.95. The Morgan fingerprint density at radius 2 is 1.92 bits per heavy atom. The third-order valence-corrected chi connectivity index (χ3v) is 4.44. The lowest BCUT2D eigenvalue weighted by molar-refractivity contribution is -0.146. The molecule has 146 valence electrons. The molecule has 0 aliphatic carbocycles. The molecule has 0 radical (unpaired) electrons. The summed E-state index contributed by atoms with van der Waals surface area (Å²) in [4.78, 5) is 15.8. The van der Waals surface area contributed by atoms with Crippen LogP contribution in [-0.4, -0.2) is 67.8 Å². The summed E-state index contributed by atoms with van der Waals surface area (Å²) in [6.07, 6.45) is -4.36. The van der Waals surface area contributed by atoms with E-state index in [2.05, 4.69) is 0 Å². The Hall–Kier alpha value is -1.96. The second kappa shape index (κ2) is 9.12. The van der Waals surface area contributed by atoms with Crippen LogP contribution in [0.25, 0.3) is 0 Å². The van der Waals surface area contributed by atoms with Crippen LogP contribution in [0.3, 0.4) is 0 Å². The summed E-state index contributed by atoms with van der Waals surface area (Å²) in [5.74, 6) is 1.00. The summed E-state index contributed by atoms with van der Waals surface area (Å²) in [6, 6.07) is 6.39. The van der Waals surface area contributed by atoms with Gasteiger partial charge in [-0.15, -0.1) is 0 Å². The van der Waals surface area contributed by atoms with Crippen LogP contribution in [0.4, 0.5) is 13.2 Å². The maximum atomic E-state index is 12.6. The third kappa shape index (κ3) is 6.40. The first kappa shape index (κ1) is 20.4. The molecule has 1 aromatic rings. The molecule has 0 spiro atoms. The van der Waals surface area contributed by atoms with Gasteiger partial charge in [-0.05, 0) is 25.5 Å². The lowest BCUT2D eigenvalue weighted by Crippen LogP contribution is -2.41. The highest BCUT2D eigenvalue weighted by atomic mass is 19.4. The minimum absolute atomic E-state index is 0.106. The highest BCUT2D eigenvalue weighted by Gasteiger charge is 2.33. The van der Waals surface area contributed by atoms with Crippen LogP contribution in [0.15, 0.2) is 24.3 Å². The van der Waals surface area contributed by atoms with Gasteiger partial charge in [0.15, 0.2) is 6.61 Å². The summed E-state index contributed by atoms with van der Waals surface area (Å²) < 4.78 is 48.3. The van der Waals surface area contributed by atoms with Crippen LogP contribution >= 0.6 is 0 Å². The number of nitrogens with zero attached hydrogens (tertiary/aromatic N) is 2. The average molecular weight is 374 g/mol. The number of halogens is 3. The molecule has 5 nitrogen and oxygen atoms in total. The zero-order valence-electron chi connectivity index (χ0n) is 15.1. The molecule has 0 aromatic heterocycles. The van der Waals surface area contributed by atoms with Gasteiger partial charge >= 0.3 is 6.18 Å². The third-order valence-electron chi connectivity index (χ3n) is 4.44. The molecular formula is C18H25F3N2O3. The van der Waals surface area contributed by atoms with Gasteiger partial charge < -0.3 is 14.4 Å². The lowest BCUT2D eigenvalue weighted by Gasteiger charge is -2.28. The number of ether oxygens (including phenoxy) is 2. The van der Waals surface area contributed by atoms with Gasteiger partial charge in [-0.2, -0.15) is 13.2 Å². The second-order valence-corrected chi connectivity index (χ2v) is 6.41. The first-order chi connectivity index (χ1) is 12.3. The minimum Gasteiger partial charge on any atom is -0.497 e. The molecule has 8 heteroatoms. The number of carbonyl (C=O) groups excluding carboxylic acids is 1.